The maximum atomic E-state index is 13.4. The number of ether oxygens (including phenoxy) is 1. The first-order valence-corrected chi connectivity index (χ1v) is 12.7. The molecule has 1 atom stereocenters. The Balaban J connectivity index is 2.34. The van der Waals surface area contributed by atoms with Gasteiger partial charge in [-0.1, -0.05) is 30.7 Å². The largest absolute Gasteiger partial charge is 0.497 e. The lowest BCUT2D eigenvalue weighted by molar-refractivity contribution is -0.139. The standard InChI is InChI=1S/C23H30ClN3O5S/c1-5-14-25-23(29)17(2)26(15-18-6-12-21(32-3)13-7-18)22(28)16-27(33(4,30)31)20-10-8-19(24)9-11-20/h6-13,17H,5,14-16H2,1-4H3,(H,25,29)/t17-/m0/s1. The third-order valence-corrected chi connectivity index (χ3v) is 6.41. The number of methoxy groups -OCH3 is 1. The van der Waals surface area contributed by atoms with Crippen LogP contribution in [0.5, 0.6) is 5.75 Å². The Morgan fingerprint density at radius 3 is 2.21 bits per heavy atom. The average Bonchev–Trinajstić information content (AvgIpc) is 2.79. The van der Waals surface area contributed by atoms with E-state index in [0.717, 1.165) is 22.5 Å². The highest BCUT2D eigenvalue weighted by atomic mass is 35.5. The van der Waals surface area contributed by atoms with E-state index in [1.807, 2.05) is 6.92 Å². The highest BCUT2D eigenvalue weighted by Crippen LogP contribution is 2.22. The zero-order chi connectivity index (χ0) is 24.6. The minimum absolute atomic E-state index is 0.127. The summed E-state index contributed by atoms with van der Waals surface area (Å²) in [5, 5.41) is 3.24. The van der Waals surface area contributed by atoms with Gasteiger partial charge in [0.2, 0.25) is 21.8 Å². The van der Waals surface area contributed by atoms with Gasteiger partial charge < -0.3 is 15.0 Å². The van der Waals surface area contributed by atoms with E-state index >= 15 is 0 Å². The van der Waals surface area contributed by atoms with Crippen molar-refractivity contribution in [2.45, 2.75) is 32.9 Å². The molecular weight excluding hydrogens is 466 g/mol. The molecule has 0 saturated heterocycles. The maximum Gasteiger partial charge on any atom is 0.244 e. The number of rotatable bonds is 11. The molecule has 8 nitrogen and oxygen atoms in total. The maximum absolute atomic E-state index is 13.4. The van der Waals surface area contributed by atoms with Crippen LogP contribution < -0.4 is 14.4 Å². The van der Waals surface area contributed by atoms with Crippen LogP contribution in [0.15, 0.2) is 48.5 Å². The summed E-state index contributed by atoms with van der Waals surface area (Å²) in [6.45, 7) is 3.71. The molecule has 0 bridgehead atoms. The third kappa shape index (κ3) is 7.64. The van der Waals surface area contributed by atoms with E-state index in [1.54, 1.807) is 50.4 Å². The van der Waals surface area contributed by atoms with Crippen LogP contribution in [-0.4, -0.2) is 57.6 Å². The smallest absolute Gasteiger partial charge is 0.244 e. The fourth-order valence-electron chi connectivity index (χ4n) is 3.13. The molecule has 0 spiro atoms. The highest BCUT2D eigenvalue weighted by molar-refractivity contribution is 7.92. The van der Waals surface area contributed by atoms with Gasteiger partial charge in [0, 0.05) is 18.1 Å². The number of halogens is 1. The van der Waals surface area contributed by atoms with Crippen LogP contribution >= 0.6 is 11.6 Å². The average molecular weight is 496 g/mol. The van der Waals surface area contributed by atoms with E-state index in [9.17, 15) is 18.0 Å². The van der Waals surface area contributed by atoms with Gasteiger partial charge >= 0.3 is 0 Å². The van der Waals surface area contributed by atoms with E-state index in [1.165, 1.54) is 17.0 Å². The normalized spacial score (nSPS) is 12.0. The third-order valence-electron chi connectivity index (χ3n) is 5.02. The second-order valence-corrected chi connectivity index (χ2v) is 9.93. The van der Waals surface area contributed by atoms with E-state index in [-0.39, 0.29) is 12.5 Å². The van der Waals surface area contributed by atoms with Crippen molar-refractivity contribution < 1.29 is 22.7 Å². The summed E-state index contributed by atoms with van der Waals surface area (Å²) in [6, 6.07) is 12.5. The molecule has 2 amide bonds. The van der Waals surface area contributed by atoms with Crippen LogP contribution in [0, 0.1) is 0 Å². The van der Waals surface area contributed by atoms with Gasteiger partial charge in [-0.15, -0.1) is 0 Å². The lowest BCUT2D eigenvalue weighted by atomic mass is 10.1. The quantitative estimate of drug-likeness (QED) is 0.517. The Labute approximate surface area is 200 Å². The second-order valence-electron chi connectivity index (χ2n) is 7.58. The van der Waals surface area contributed by atoms with Crippen LogP contribution in [-0.2, 0) is 26.2 Å². The molecule has 2 rings (SSSR count). The van der Waals surface area contributed by atoms with E-state index < -0.39 is 28.5 Å². The molecular formula is C23H30ClN3O5S. The van der Waals surface area contributed by atoms with Gasteiger partial charge in [0.25, 0.3) is 0 Å². The molecule has 0 fully saturated rings. The first kappa shape index (κ1) is 26.5. The number of nitrogens with one attached hydrogen (secondary N) is 1. The van der Waals surface area contributed by atoms with Crippen molar-refractivity contribution in [1.82, 2.24) is 10.2 Å². The lowest BCUT2D eigenvalue weighted by Gasteiger charge is -2.31. The first-order valence-electron chi connectivity index (χ1n) is 10.5. The number of amides is 2. The fraction of sp³-hybridized carbons (Fsp3) is 0.391. The van der Waals surface area contributed by atoms with Crippen molar-refractivity contribution in [2.24, 2.45) is 0 Å². The highest BCUT2D eigenvalue weighted by Gasteiger charge is 2.30. The molecule has 0 saturated carbocycles. The van der Waals surface area contributed by atoms with E-state index in [0.29, 0.717) is 23.0 Å². The molecule has 10 heteroatoms. The number of carbonyl (C=O) groups excluding carboxylic acids is 2. The summed E-state index contributed by atoms with van der Waals surface area (Å²) in [5.41, 5.74) is 1.08. The summed E-state index contributed by atoms with van der Waals surface area (Å²) in [7, 11) is -2.22. The van der Waals surface area contributed by atoms with Crippen LogP contribution in [0.3, 0.4) is 0 Å². The zero-order valence-corrected chi connectivity index (χ0v) is 20.8. The Kier molecular flexibility index (Phi) is 9.55. The predicted molar refractivity (Wildman–Crippen MR) is 130 cm³/mol. The SMILES string of the molecule is CCCNC(=O)[C@H](C)N(Cc1ccc(OC)cc1)C(=O)CN(c1ccc(Cl)cc1)S(C)(=O)=O. The van der Waals surface area contributed by atoms with Crippen molar-refractivity contribution in [3.05, 3.63) is 59.1 Å². The van der Waals surface area contributed by atoms with Crippen LogP contribution in [0.1, 0.15) is 25.8 Å². The monoisotopic (exact) mass is 495 g/mol. The molecule has 180 valence electrons. The molecule has 33 heavy (non-hydrogen) atoms. The molecule has 0 aliphatic rings. The summed E-state index contributed by atoms with van der Waals surface area (Å²) in [5.74, 6) is -0.155. The van der Waals surface area contributed by atoms with Crippen LogP contribution in [0.4, 0.5) is 5.69 Å². The summed E-state index contributed by atoms with van der Waals surface area (Å²) in [6.07, 6.45) is 1.78. The second kappa shape index (κ2) is 11.9. The number of hydrogen-bond acceptors (Lipinski definition) is 5. The van der Waals surface area contributed by atoms with Gasteiger partial charge in [-0.3, -0.25) is 13.9 Å². The van der Waals surface area contributed by atoms with Gasteiger partial charge in [-0.2, -0.15) is 0 Å². The van der Waals surface area contributed by atoms with Crippen LogP contribution in [0.2, 0.25) is 5.02 Å². The Bertz CT molecular complexity index is 1040. The minimum atomic E-state index is -3.78. The van der Waals surface area contributed by atoms with Crippen molar-refractivity contribution in [2.75, 3.05) is 30.8 Å². The first-order chi connectivity index (χ1) is 15.6. The Morgan fingerprint density at radius 1 is 1.09 bits per heavy atom. The van der Waals surface area contributed by atoms with Gasteiger partial charge in [-0.05, 0) is 55.3 Å². The molecule has 0 unspecified atom stereocenters. The predicted octanol–water partition coefficient (Wildman–Crippen LogP) is 3.06. The number of nitrogens with zero attached hydrogens (tertiary/aromatic N) is 2. The molecule has 0 aliphatic carbocycles. The fourth-order valence-corrected chi connectivity index (χ4v) is 4.10. The van der Waals surface area contributed by atoms with Gasteiger partial charge in [0.1, 0.15) is 18.3 Å². The molecule has 2 aromatic rings. The Morgan fingerprint density at radius 2 is 1.70 bits per heavy atom. The van der Waals surface area contributed by atoms with Crippen LogP contribution in [0.25, 0.3) is 0 Å². The summed E-state index contributed by atoms with van der Waals surface area (Å²) >= 11 is 5.92. The van der Waals surface area contributed by atoms with Gasteiger partial charge in [-0.25, -0.2) is 8.42 Å². The lowest BCUT2D eigenvalue weighted by Crippen LogP contribution is -2.51. The number of anilines is 1. The van der Waals surface area contributed by atoms with E-state index in [4.69, 9.17) is 16.3 Å². The van der Waals surface area contributed by atoms with Crippen molar-refractivity contribution >= 4 is 39.1 Å². The number of benzene rings is 2. The Hall–Kier alpha value is -2.78. The molecule has 0 heterocycles. The molecule has 0 aromatic heterocycles. The summed E-state index contributed by atoms with van der Waals surface area (Å²) in [4.78, 5) is 27.4. The number of hydrogen-bond donors (Lipinski definition) is 1. The van der Waals surface area contributed by atoms with Crippen molar-refractivity contribution in [3.63, 3.8) is 0 Å². The molecule has 0 aliphatic heterocycles. The van der Waals surface area contributed by atoms with Gasteiger partial charge in [0.15, 0.2) is 0 Å². The number of carbonyl (C=O) groups is 2. The van der Waals surface area contributed by atoms with E-state index in [2.05, 4.69) is 5.32 Å². The minimum Gasteiger partial charge on any atom is -0.497 e. The summed E-state index contributed by atoms with van der Waals surface area (Å²) < 4.78 is 31.1. The van der Waals surface area contributed by atoms with Crippen molar-refractivity contribution in [3.8, 4) is 5.75 Å². The van der Waals surface area contributed by atoms with Crippen molar-refractivity contribution in [1.29, 1.82) is 0 Å². The number of sulfonamides is 1. The van der Waals surface area contributed by atoms with Gasteiger partial charge in [0.05, 0.1) is 19.1 Å². The molecule has 0 radical (unpaired) electrons. The topological polar surface area (TPSA) is 96.0 Å². The zero-order valence-electron chi connectivity index (χ0n) is 19.2. The molecule has 2 aromatic carbocycles. The molecule has 1 N–H and O–H groups in total.